The zero-order valence-electron chi connectivity index (χ0n) is 21.9. The summed E-state index contributed by atoms with van der Waals surface area (Å²) in [6, 6.07) is 4.70. The topological polar surface area (TPSA) is 109 Å². The summed E-state index contributed by atoms with van der Waals surface area (Å²) in [4.78, 5) is 51.2. The molecule has 0 radical (unpaired) electrons. The molecule has 38 heavy (non-hydrogen) atoms. The van der Waals surface area contributed by atoms with Crippen molar-refractivity contribution in [1.82, 2.24) is 13.5 Å². The van der Waals surface area contributed by atoms with E-state index < -0.39 is 52.2 Å². The number of esters is 2. The first-order chi connectivity index (χ1) is 17.3. The van der Waals surface area contributed by atoms with Gasteiger partial charge < -0.3 is 9.47 Å². The highest BCUT2D eigenvalue weighted by atomic mass is 32.1. The molecule has 0 amide bonds. The average molecular weight is 556 g/mol. The largest absolute Gasteiger partial charge is 0.459 e. The van der Waals surface area contributed by atoms with Crippen LogP contribution >= 0.6 is 11.5 Å². The lowest BCUT2D eigenvalue weighted by Crippen LogP contribution is -2.40. The second kappa shape index (κ2) is 10.0. The fourth-order valence-electron chi connectivity index (χ4n) is 3.60. The number of benzene rings is 1. The van der Waals surface area contributed by atoms with Gasteiger partial charge in [0.05, 0.1) is 16.1 Å². The number of rotatable bonds is 5. The molecule has 13 heteroatoms. The van der Waals surface area contributed by atoms with Crippen LogP contribution in [-0.2, 0) is 38.7 Å². The summed E-state index contributed by atoms with van der Waals surface area (Å²) in [5, 5.41) is 0.415. The molecule has 3 rings (SSSR count). The maximum absolute atomic E-state index is 13.2. The van der Waals surface area contributed by atoms with Crippen LogP contribution in [0.1, 0.15) is 52.9 Å². The van der Waals surface area contributed by atoms with Crippen LogP contribution in [0.2, 0.25) is 0 Å². The molecule has 0 aliphatic carbocycles. The number of alkyl halides is 3. The van der Waals surface area contributed by atoms with Gasteiger partial charge in [-0.2, -0.15) is 17.5 Å². The number of hydrogen-bond donors (Lipinski definition) is 0. The molecule has 2 aromatic heterocycles. The van der Waals surface area contributed by atoms with E-state index in [9.17, 15) is 32.3 Å². The molecule has 206 valence electrons. The van der Waals surface area contributed by atoms with E-state index in [1.165, 1.54) is 12.1 Å². The van der Waals surface area contributed by atoms with Crippen molar-refractivity contribution in [1.29, 1.82) is 0 Å². The molecule has 0 atom stereocenters. The third kappa shape index (κ3) is 6.50. The first-order valence-corrected chi connectivity index (χ1v) is 12.3. The second-order valence-corrected chi connectivity index (χ2v) is 11.5. The van der Waals surface area contributed by atoms with E-state index in [-0.39, 0.29) is 12.1 Å². The summed E-state index contributed by atoms with van der Waals surface area (Å²) >= 11 is 1.05. The third-order valence-electron chi connectivity index (χ3n) is 5.18. The summed E-state index contributed by atoms with van der Waals surface area (Å²) in [5.41, 5.74) is -5.18. The van der Waals surface area contributed by atoms with Gasteiger partial charge in [0.2, 0.25) is 0 Å². The molecule has 0 spiro atoms. The van der Waals surface area contributed by atoms with Crippen LogP contribution in [0.3, 0.4) is 0 Å². The van der Waals surface area contributed by atoms with Crippen molar-refractivity contribution in [3.63, 3.8) is 0 Å². The van der Waals surface area contributed by atoms with E-state index in [0.717, 1.165) is 18.6 Å². The normalized spacial score (nSPS) is 12.7. The molecule has 0 fully saturated rings. The highest BCUT2D eigenvalue weighted by Gasteiger charge is 2.37. The standard InChI is InChI=1S/C25H28F3N3O6S/c1-23(2,3)36-20(33)15(21(34)37-24(4,5)6)11-16-14-10-13(8-9-17(14)38-29-16)31-19(32)12-18(25(26,27)28)30(7)22(31)35/h8-10,12,15H,11H2,1-7H3. The zero-order valence-corrected chi connectivity index (χ0v) is 22.7. The first kappa shape index (κ1) is 29.1. The predicted molar refractivity (Wildman–Crippen MR) is 134 cm³/mol. The zero-order chi connectivity index (χ0) is 28.8. The van der Waals surface area contributed by atoms with Crippen molar-refractivity contribution >= 4 is 33.6 Å². The van der Waals surface area contributed by atoms with E-state index >= 15 is 0 Å². The quantitative estimate of drug-likeness (QED) is 0.346. The molecular formula is C25H28F3N3O6S. The number of halogens is 3. The second-order valence-electron chi connectivity index (χ2n) is 10.7. The van der Waals surface area contributed by atoms with Crippen molar-refractivity contribution < 1.29 is 32.2 Å². The minimum absolute atomic E-state index is 0.00404. The summed E-state index contributed by atoms with van der Waals surface area (Å²) < 4.78 is 56.4. The van der Waals surface area contributed by atoms with Crippen LogP contribution in [0.25, 0.3) is 15.8 Å². The van der Waals surface area contributed by atoms with Gasteiger partial charge in [-0.25, -0.2) is 9.36 Å². The Kier molecular flexibility index (Phi) is 7.66. The van der Waals surface area contributed by atoms with Gasteiger partial charge in [0.15, 0.2) is 5.92 Å². The number of aromatic nitrogens is 3. The average Bonchev–Trinajstić information content (AvgIpc) is 3.13. The fraction of sp³-hybridized carbons (Fsp3) is 0.480. The van der Waals surface area contributed by atoms with Gasteiger partial charge in [0, 0.05) is 24.9 Å². The molecule has 0 aliphatic heterocycles. The van der Waals surface area contributed by atoms with Gasteiger partial charge in [-0.05, 0) is 71.3 Å². The molecule has 0 saturated heterocycles. The Bertz CT molecular complexity index is 1480. The number of carbonyl (C=O) groups excluding carboxylic acids is 2. The number of fused-ring (bicyclic) bond motifs is 1. The molecule has 0 unspecified atom stereocenters. The van der Waals surface area contributed by atoms with Crippen LogP contribution in [0.4, 0.5) is 13.2 Å². The van der Waals surface area contributed by atoms with Crippen molar-refractivity contribution in [2.24, 2.45) is 13.0 Å². The minimum Gasteiger partial charge on any atom is -0.459 e. The summed E-state index contributed by atoms with van der Waals surface area (Å²) in [6.45, 7) is 9.94. The first-order valence-electron chi connectivity index (χ1n) is 11.5. The third-order valence-corrected chi connectivity index (χ3v) is 6.04. The maximum atomic E-state index is 13.2. The Morgan fingerprint density at radius 1 is 0.974 bits per heavy atom. The maximum Gasteiger partial charge on any atom is 0.431 e. The number of ether oxygens (including phenoxy) is 2. The number of carbonyl (C=O) groups is 2. The molecule has 0 N–H and O–H groups in total. The number of hydrogen-bond acceptors (Lipinski definition) is 8. The molecule has 1 aromatic carbocycles. The Morgan fingerprint density at radius 2 is 1.53 bits per heavy atom. The highest BCUT2D eigenvalue weighted by molar-refractivity contribution is 7.13. The van der Waals surface area contributed by atoms with Gasteiger partial charge in [-0.15, -0.1) is 0 Å². The van der Waals surface area contributed by atoms with Gasteiger partial charge in [-0.1, -0.05) is 0 Å². The van der Waals surface area contributed by atoms with E-state index in [0.29, 0.717) is 31.0 Å². The fourth-order valence-corrected chi connectivity index (χ4v) is 4.39. The van der Waals surface area contributed by atoms with Crippen molar-refractivity contribution in [3.05, 3.63) is 56.5 Å². The Morgan fingerprint density at radius 3 is 2.03 bits per heavy atom. The Labute approximate surface area is 220 Å². The van der Waals surface area contributed by atoms with Gasteiger partial charge >= 0.3 is 23.8 Å². The molecule has 2 heterocycles. The van der Waals surface area contributed by atoms with Crippen LogP contribution in [0, 0.1) is 5.92 Å². The Balaban J connectivity index is 2.10. The van der Waals surface area contributed by atoms with Crippen LogP contribution < -0.4 is 11.2 Å². The van der Waals surface area contributed by atoms with E-state index in [1.54, 1.807) is 47.6 Å². The predicted octanol–water partition coefficient (Wildman–Crippen LogP) is 4.01. The van der Waals surface area contributed by atoms with E-state index in [4.69, 9.17) is 9.47 Å². The highest BCUT2D eigenvalue weighted by Crippen LogP contribution is 2.29. The van der Waals surface area contributed by atoms with Crippen molar-refractivity contribution in [2.75, 3.05) is 0 Å². The monoisotopic (exact) mass is 555 g/mol. The lowest BCUT2D eigenvalue weighted by atomic mass is 10.00. The summed E-state index contributed by atoms with van der Waals surface area (Å²) in [6.07, 6.45) is -5.09. The van der Waals surface area contributed by atoms with Crippen molar-refractivity contribution in [3.8, 4) is 5.69 Å². The molecule has 3 aromatic rings. The SMILES string of the molecule is Cn1c(C(F)(F)F)cc(=O)n(-c2ccc3snc(CC(C(=O)OC(C)(C)C)C(=O)OC(C)(C)C)c3c2)c1=O. The number of nitrogens with zero attached hydrogens (tertiary/aromatic N) is 3. The smallest absolute Gasteiger partial charge is 0.431 e. The van der Waals surface area contributed by atoms with Crippen LogP contribution in [0.15, 0.2) is 33.9 Å². The van der Waals surface area contributed by atoms with Gasteiger partial charge in [0.25, 0.3) is 5.56 Å². The minimum atomic E-state index is -4.89. The van der Waals surface area contributed by atoms with E-state index in [2.05, 4.69) is 4.37 Å². The summed E-state index contributed by atoms with van der Waals surface area (Å²) in [5.74, 6) is -2.97. The Hall–Kier alpha value is -3.48. The summed E-state index contributed by atoms with van der Waals surface area (Å²) in [7, 11) is 0.920. The van der Waals surface area contributed by atoms with Crippen LogP contribution in [0.5, 0.6) is 0 Å². The van der Waals surface area contributed by atoms with Gasteiger partial charge in [0.1, 0.15) is 16.9 Å². The van der Waals surface area contributed by atoms with E-state index in [1.807, 2.05) is 0 Å². The van der Waals surface area contributed by atoms with Gasteiger partial charge in [-0.3, -0.25) is 19.0 Å². The molecule has 0 bridgehead atoms. The lowest BCUT2D eigenvalue weighted by molar-refractivity contribution is -0.174. The van der Waals surface area contributed by atoms with Crippen molar-refractivity contribution in [2.45, 2.75) is 65.3 Å². The lowest BCUT2D eigenvalue weighted by Gasteiger charge is -2.26. The molecule has 0 aliphatic rings. The molecular weight excluding hydrogens is 527 g/mol. The van der Waals surface area contributed by atoms with Crippen LogP contribution in [-0.4, -0.2) is 36.6 Å². The molecule has 0 saturated carbocycles. The molecule has 9 nitrogen and oxygen atoms in total.